The van der Waals surface area contributed by atoms with E-state index in [4.69, 9.17) is 5.11 Å². The second kappa shape index (κ2) is 6.23. The minimum Gasteiger partial charge on any atom is -0.478 e. The van der Waals surface area contributed by atoms with E-state index in [0.717, 1.165) is 0 Å². The number of hydrogen-bond donors (Lipinski definition) is 1. The molecule has 0 aromatic heterocycles. The zero-order valence-corrected chi connectivity index (χ0v) is 12.3. The first-order chi connectivity index (χ1) is 9.99. The van der Waals surface area contributed by atoms with E-state index < -0.39 is 5.97 Å². The minimum absolute atomic E-state index is 0.176. The van der Waals surface area contributed by atoms with Crippen LogP contribution < -0.4 is 0 Å². The van der Waals surface area contributed by atoms with Crippen LogP contribution in [-0.2, 0) is 4.79 Å². The van der Waals surface area contributed by atoms with Crippen molar-refractivity contribution in [3.8, 4) is 0 Å². The van der Waals surface area contributed by atoms with Gasteiger partial charge in [-0.3, -0.25) is 0 Å². The Kier molecular flexibility index (Phi) is 4.39. The van der Waals surface area contributed by atoms with Gasteiger partial charge in [0.1, 0.15) is 0 Å². The van der Waals surface area contributed by atoms with Gasteiger partial charge in [-0.1, -0.05) is 49.0 Å². The Morgan fingerprint density at radius 2 is 1.48 bits per heavy atom. The molecular formula is C19H18O2. The van der Waals surface area contributed by atoms with E-state index in [1.54, 1.807) is 0 Å². The fourth-order valence-electron chi connectivity index (χ4n) is 2.12. The van der Waals surface area contributed by atoms with E-state index in [1.807, 2.05) is 0 Å². The van der Waals surface area contributed by atoms with Gasteiger partial charge in [0.15, 0.2) is 0 Å². The summed E-state index contributed by atoms with van der Waals surface area (Å²) in [6, 6.07) is 19.5. The lowest BCUT2D eigenvalue weighted by Gasteiger charge is -2.04. The molecule has 3 aromatic rings. The lowest BCUT2D eigenvalue weighted by atomic mass is 10.0. The van der Waals surface area contributed by atoms with Crippen LogP contribution in [0.2, 0.25) is 0 Å². The molecule has 0 saturated carbocycles. The Morgan fingerprint density at radius 1 is 0.952 bits per heavy atom. The Bertz CT molecular complexity index is 804. The lowest BCUT2D eigenvalue weighted by molar-refractivity contribution is -0.132. The molecule has 0 aliphatic rings. The SMILES string of the molecule is C=C(C)C(=O)O.Cc1cccc2cc3ccccc3cc12. The second-order valence-electron chi connectivity index (χ2n) is 5.08. The van der Waals surface area contributed by atoms with Crippen LogP contribution in [0.5, 0.6) is 0 Å². The molecule has 0 unspecified atom stereocenters. The molecule has 2 nitrogen and oxygen atoms in total. The fourth-order valence-corrected chi connectivity index (χ4v) is 2.12. The number of rotatable bonds is 1. The van der Waals surface area contributed by atoms with Crippen LogP contribution >= 0.6 is 0 Å². The van der Waals surface area contributed by atoms with Gasteiger partial charge in [0, 0.05) is 5.57 Å². The number of hydrogen-bond acceptors (Lipinski definition) is 1. The highest BCUT2D eigenvalue weighted by Gasteiger charge is 1.98. The standard InChI is InChI=1S/C15H12.C4H6O2/c1-11-5-4-8-14-9-12-6-2-3-7-13(12)10-15(11)14;1-3(2)4(5)6/h2-10H,1H3;1H2,2H3,(H,5,6). The summed E-state index contributed by atoms with van der Waals surface area (Å²) < 4.78 is 0. The molecule has 1 N–H and O–H groups in total. The molecule has 3 aromatic carbocycles. The van der Waals surface area contributed by atoms with E-state index in [1.165, 1.54) is 34.0 Å². The molecule has 0 aliphatic heterocycles. The molecular weight excluding hydrogens is 260 g/mol. The fraction of sp³-hybridized carbons (Fsp3) is 0.105. The summed E-state index contributed by atoms with van der Waals surface area (Å²) in [5.41, 5.74) is 1.52. The van der Waals surface area contributed by atoms with Gasteiger partial charge in [0.05, 0.1) is 0 Å². The molecule has 0 spiro atoms. The highest BCUT2D eigenvalue weighted by atomic mass is 16.4. The Morgan fingerprint density at radius 3 is 2.05 bits per heavy atom. The molecule has 0 heterocycles. The predicted molar refractivity (Wildman–Crippen MR) is 88.6 cm³/mol. The summed E-state index contributed by atoms with van der Waals surface area (Å²) >= 11 is 0. The molecule has 0 amide bonds. The number of aryl methyl sites for hydroxylation is 1. The van der Waals surface area contributed by atoms with Crippen LogP contribution in [-0.4, -0.2) is 11.1 Å². The van der Waals surface area contributed by atoms with Gasteiger partial charge in [0.2, 0.25) is 0 Å². The molecule has 0 aliphatic carbocycles. The topological polar surface area (TPSA) is 37.3 Å². The van der Waals surface area contributed by atoms with Gasteiger partial charge in [0.25, 0.3) is 0 Å². The zero-order valence-electron chi connectivity index (χ0n) is 12.3. The van der Waals surface area contributed by atoms with E-state index in [2.05, 4.69) is 68.1 Å². The molecule has 0 saturated heterocycles. The average molecular weight is 278 g/mol. The number of carboxylic acid groups (broad SMARTS) is 1. The maximum absolute atomic E-state index is 9.60. The van der Waals surface area contributed by atoms with E-state index in [0.29, 0.717) is 0 Å². The smallest absolute Gasteiger partial charge is 0.330 e. The van der Waals surface area contributed by atoms with E-state index >= 15 is 0 Å². The van der Waals surface area contributed by atoms with Gasteiger partial charge in [-0.15, -0.1) is 0 Å². The van der Waals surface area contributed by atoms with Gasteiger partial charge >= 0.3 is 5.97 Å². The Labute approximate surface area is 124 Å². The van der Waals surface area contributed by atoms with Crippen LogP contribution in [0, 0.1) is 6.92 Å². The van der Waals surface area contributed by atoms with Crippen molar-refractivity contribution in [2.24, 2.45) is 0 Å². The van der Waals surface area contributed by atoms with Gasteiger partial charge < -0.3 is 5.11 Å². The van der Waals surface area contributed by atoms with Gasteiger partial charge in [-0.25, -0.2) is 4.79 Å². The molecule has 0 fully saturated rings. The van der Waals surface area contributed by atoms with Crippen LogP contribution in [0.1, 0.15) is 12.5 Å². The molecule has 3 rings (SSSR count). The number of carbonyl (C=O) groups is 1. The zero-order chi connectivity index (χ0) is 15.4. The van der Waals surface area contributed by atoms with Crippen molar-refractivity contribution >= 4 is 27.5 Å². The highest BCUT2D eigenvalue weighted by molar-refractivity contribution is 5.99. The normalized spacial score (nSPS) is 10.0. The third-order valence-electron chi connectivity index (χ3n) is 3.33. The summed E-state index contributed by atoms with van der Waals surface area (Å²) in [7, 11) is 0. The molecule has 2 heteroatoms. The number of benzene rings is 3. The van der Waals surface area contributed by atoms with Crippen molar-refractivity contribution in [2.75, 3.05) is 0 Å². The predicted octanol–water partition coefficient (Wildman–Crippen LogP) is 4.95. The largest absolute Gasteiger partial charge is 0.478 e. The first kappa shape index (κ1) is 14.8. The maximum Gasteiger partial charge on any atom is 0.330 e. The lowest BCUT2D eigenvalue weighted by Crippen LogP contribution is -1.92. The van der Waals surface area contributed by atoms with Crippen molar-refractivity contribution < 1.29 is 9.90 Å². The van der Waals surface area contributed by atoms with Crippen molar-refractivity contribution in [1.29, 1.82) is 0 Å². The van der Waals surface area contributed by atoms with Crippen LogP contribution in [0.3, 0.4) is 0 Å². The van der Waals surface area contributed by atoms with Crippen LogP contribution in [0.4, 0.5) is 0 Å². The number of fused-ring (bicyclic) bond motifs is 2. The summed E-state index contributed by atoms with van der Waals surface area (Å²) in [5, 5.41) is 13.2. The van der Waals surface area contributed by atoms with Crippen molar-refractivity contribution in [3.63, 3.8) is 0 Å². The number of aliphatic carboxylic acids is 1. The molecule has 0 radical (unpaired) electrons. The van der Waals surface area contributed by atoms with Crippen molar-refractivity contribution in [3.05, 3.63) is 72.3 Å². The Balaban J connectivity index is 0.000000232. The first-order valence-electron chi connectivity index (χ1n) is 6.76. The molecule has 21 heavy (non-hydrogen) atoms. The van der Waals surface area contributed by atoms with Gasteiger partial charge in [-0.2, -0.15) is 0 Å². The average Bonchev–Trinajstić information content (AvgIpc) is 2.46. The van der Waals surface area contributed by atoms with Crippen molar-refractivity contribution in [1.82, 2.24) is 0 Å². The van der Waals surface area contributed by atoms with Gasteiger partial charge in [-0.05, 0) is 53.1 Å². The minimum atomic E-state index is -0.935. The quantitative estimate of drug-likeness (QED) is 0.505. The first-order valence-corrected chi connectivity index (χ1v) is 6.76. The third-order valence-corrected chi connectivity index (χ3v) is 3.33. The van der Waals surface area contributed by atoms with E-state index in [-0.39, 0.29) is 5.57 Å². The van der Waals surface area contributed by atoms with Crippen molar-refractivity contribution in [2.45, 2.75) is 13.8 Å². The molecule has 0 atom stereocenters. The molecule has 0 bridgehead atoms. The maximum atomic E-state index is 9.60. The number of carboxylic acids is 1. The third kappa shape index (κ3) is 3.48. The second-order valence-corrected chi connectivity index (χ2v) is 5.08. The Hall–Kier alpha value is -2.61. The van der Waals surface area contributed by atoms with Crippen LogP contribution in [0.25, 0.3) is 21.5 Å². The van der Waals surface area contributed by atoms with E-state index in [9.17, 15) is 4.79 Å². The van der Waals surface area contributed by atoms with Crippen LogP contribution in [0.15, 0.2) is 66.7 Å². The highest BCUT2D eigenvalue weighted by Crippen LogP contribution is 2.24. The summed E-state index contributed by atoms with van der Waals surface area (Å²) in [6.07, 6.45) is 0. The monoisotopic (exact) mass is 278 g/mol. The summed E-state index contributed by atoms with van der Waals surface area (Å²) in [5.74, 6) is -0.935. The molecule has 106 valence electrons. The summed E-state index contributed by atoms with van der Waals surface area (Å²) in [4.78, 5) is 9.60. The summed E-state index contributed by atoms with van der Waals surface area (Å²) in [6.45, 7) is 6.77.